The van der Waals surface area contributed by atoms with Gasteiger partial charge in [-0.25, -0.2) is 0 Å². The summed E-state index contributed by atoms with van der Waals surface area (Å²) in [6.07, 6.45) is -0.252. The standard InChI is InChI=1S/C27H40N8O7/c1-15(2)22-26(42)35(4)19(9-6-10-30-27(28)29)24(40)31-13-20(36)32-18(12-21(37)38)25(41)34(3)14-16-7-5-8-17(11-16)23(39)33-22/h5,7-8,11,15,18-19,22H,6,9-10,12-14H2,1-4H3,(H,31,40)(H,32,36)(H,33,39)(H,37,38)(H4,28,29,30)/t18-,19-,22+/m0/s1. The molecule has 0 aromatic heterocycles. The number of carboxylic acid groups (broad SMARTS) is 1. The molecule has 0 unspecified atom stereocenters. The van der Waals surface area contributed by atoms with Crippen molar-refractivity contribution in [3.8, 4) is 0 Å². The second-order valence-corrected chi connectivity index (χ2v) is 10.4. The maximum absolute atomic E-state index is 13.6. The van der Waals surface area contributed by atoms with Crippen molar-refractivity contribution in [3.05, 3.63) is 35.4 Å². The summed E-state index contributed by atoms with van der Waals surface area (Å²) < 4.78 is 0. The lowest BCUT2D eigenvalue weighted by molar-refractivity contribution is -0.143. The van der Waals surface area contributed by atoms with Crippen LogP contribution in [0.5, 0.6) is 0 Å². The zero-order valence-corrected chi connectivity index (χ0v) is 24.3. The van der Waals surface area contributed by atoms with Crippen LogP contribution in [-0.2, 0) is 30.5 Å². The smallest absolute Gasteiger partial charge is 0.305 e. The molecule has 42 heavy (non-hydrogen) atoms. The Morgan fingerprint density at radius 1 is 1.10 bits per heavy atom. The van der Waals surface area contributed by atoms with Crippen molar-refractivity contribution in [2.75, 3.05) is 27.2 Å². The minimum atomic E-state index is -1.41. The third-order valence-corrected chi connectivity index (χ3v) is 6.69. The van der Waals surface area contributed by atoms with Crippen LogP contribution in [0.4, 0.5) is 0 Å². The molecule has 0 fully saturated rings. The number of nitrogens with one attached hydrogen (secondary N) is 3. The van der Waals surface area contributed by atoms with Crippen molar-refractivity contribution in [2.45, 2.75) is 57.8 Å². The van der Waals surface area contributed by atoms with Gasteiger partial charge >= 0.3 is 5.97 Å². The van der Waals surface area contributed by atoms with Crippen LogP contribution in [0, 0.1) is 5.92 Å². The van der Waals surface area contributed by atoms with Gasteiger partial charge in [0.2, 0.25) is 23.6 Å². The molecule has 1 aliphatic heterocycles. The molecule has 0 saturated heterocycles. The summed E-state index contributed by atoms with van der Waals surface area (Å²) in [6.45, 7) is 3.13. The minimum absolute atomic E-state index is 0.0134. The summed E-state index contributed by atoms with van der Waals surface area (Å²) in [7, 11) is 2.86. The molecule has 1 aromatic carbocycles. The lowest BCUT2D eigenvalue weighted by Gasteiger charge is -2.32. The summed E-state index contributed by atoms with van der Waals surface area (Å²) in [5.41, 5.74) is 11.5. The molecule has 8 N–H and O–H groups in total. The molecular weight excluding hydrogens is 548 g/mol. The van der Waals surface area contributed by atoms with Gasteiger partial charge in [0, 0.05) is 32.7 Å². The van der Waals surface area contributed by atoms with Gasteiger partial charge < -0.3 is 42.3 Å². The van der Waals surface area contributed by atoms with E-state index in [1.54, 1.807) is 38.1 Å². The molecule has 0 saturated carbocycles. The lowest BCUT2D eigenvalue weighted by Crippen LogP contribution is -2.57. The number of amides is 5. The number of guanidine groups is 1. The SMILES string of the molecule is CC(C)[C@H]1NC(=O)c2cccc(c2)CN(C)C(=O)[C@H](CC(=O)O)NC(=O)CNC(=O)[C@H](CCCN=C(N)N)N(C)C1=O. The summed E-state index contributed by atoms with van der Waals surface area (Å²) in [5, 5.41) is 16.9. The zero-order chi connectivity index (χ0) is 31.6. The number of hydrogen-bond acceptors (Lipinski definition) is 7. The number of benzene rings is 1. The van der Waals surface area contributed by atoms with E-state index in [9.17, 15) is 33.9 Å². The van der Waals surface area contributed by atoms with Crippen molar-refractivity contribution in [1.29, 1.82) is 0 Å². The first-order chi connectivity index (χ1) is 19.7. The van der Waals surface area contributed by atoms with E-state index >= 15 is 0 Å². The van der Waals surface area contributed by atoms with E-state index in [0.29, 0.717) is 12.0 Å². The Balaban J connectivity index is 2.49. The van der Waals surface area contributed by atoms with Gasteiger partial charge in [0.15, 0.2) is 5.96 Å². The number of carbonyl (C=O) groups excluding carboxylic acids is 5. The maximum atomic E-state index is 13.6. The average Bonchev–Trinajstić information content (AvgIpc) is 2.92. The number of fused-ring (bicyclic) bond motifs is 2. The molecule has 1 heterocycles. The number of nitrogens with zero attached hydrogens (tertiary/aromatic N) is 3. The molecule has 1 aliphatic rings. The number of carbonyl (C=O) groups is 6. The molecule has 2 bridgehead atoms. The molecule has 15 nitrogen and oxygen atoms in total. The topological polar surface area (TPSA) is 230 Å². The summed E-state index contributed by atoms with van der Waals surface area (Å²) in [6, 6.07) is 2.95. The van der Waals surface area contributed by atoms with Gasteiger partial charge in [-0.1, -0.05) is 26.0 Å². The predicted molar refractivity (Wildman–Crippen MR) is 153 cm³/mol. The quantitative estimate of drug-likeness (QED) is 0.122. The number of aliphatic imine (C=N–C) groups is 1. The zero-order valence-electron chi connectivity index (χ0n) is 24.3. The van der Waals surface area contributed by atoms with Gasteiger partial charge in [0.1, 0.15) is 18.1 Å². The van der Waals surface area contributed by atoms with Crippen LogP contribution in [0.2, 0.25) is 0 Å². The van der Waals surface area contributed by atoms with Gasteiger partial charge in [-0.05, 0) is 36.5 Å². The molecule has 230 valence electrons. The maximum Gasteiger partial charge on any atom is 0.305 e. The fourth-order valence-electron chi connectivity index (χ4n) is 4.44. The van der Waals surface area contributed by atoms with Gasteiger partial charge in [0.25, 0.3) is 5.91 Å². The Kier molecular flexibility index (Phi) is 12.2. The highest BCUT2D eigenvalue weighted by molar-refractivity contribution is 5.99. The highest BCUT2D eigenvalue weighted by Gasteiger charge is 2.34. The molecule has 2 rings (SSSR count). The van der Waals surface area contributed by atoms with E-state index in [-0.39, 0.29) is 37.0 Å². The first kappa shape index (κ1) is 33.5. The van der Waals surface area contributed by atoms with Crippen LogP contribution >= 0.6 is 0 Å². The summed E-state index contributed by atoms with van der Waals surface area (Å²) >= 11 is 0. The fraction of sp³-hybridized carbons (Fsp3) is 0.519. The molecule has 5 amide bonds. The molecule has 0 aliphatic carbocycles. The van der Waals surface area contributed by atoms with Crippen molar-refractivity contribution >= 4 is 41.5 Å². The Hall–Kier alpha value is -4.69. The van der Waals surface area contributed by atoms with Crippen molar-refractivity contribution in [2.24, 2.45) is 22.4 Å². The third kappa shape index (κ3) is 9.74. The van der Waals surface area contributed by atoms with E-state index in [2.05, 4.69) is 20.9 Å². The van der Waals surface area contributed by atoms with Crippen LogP contribution in [0.1, 0.15) is 49.0 Å². The third-order valence-electron chi connectivity index (χ3n) is 6.69. The number of aliphatic carboxylic acids is 1. The van der Waals surface area contributed by atoms with E-state index < -0.39 is 66.6 Å². The number of nitrogens with two attached hydrogens (primary N) is 2. The first-order valence-corrected chi connectivity index (χ1v) is 13.5. The molecule has 3 atom stereocenters. The second-order valence-electron chi connectivity index (χ2n) is 10.4. The normalized spacial score (nSPS) is 21.2. The van der Waals surface area contributed by atoms with E-state index in [1.807, 2.05) is 0 Å². The highest BCUT2D eigenvalue weighted by atomic mass is 16.4. The van der Waals surface area contributed by atoms with Crippen LogP contribution in [0.3, 0.4) is 0 Å². The number of rotatable bonds is 7. The summed E-state index contributed by atoms with van der Waals surface area (Å²) in [5.74, 6) is -4.97. The molecule has 0 spiro atoms. The van der Waals surface area contributed by atoms with Gasteiger partial charge in [-0.3, -0.25) is 33.8 Å². The Morgan fingerprint density at radius 2 is 1.79 bits per heavy atom. The van der Waals surface area contributed by atoms with Crippen LogP contribution in [0.15, 0.2) is 29.3 Å². The lowest BCUT2D eigenvalue weighted by atomic mass is 10.00. The number of likely N-dealkylation sites (N-methyl/N-ethyl adjacent to an activating group) is 2. The predicted octanol–water partition coefficient (Wildman–Crippen LogP) is -1.63. The largest absolute Gasteiger partial charge is 0.481 e. The second kappa shape index (κ2) is 15.3. The monoisotopic (exact) mass is 588 g/mol. The average molecular weight is 589 g/mol. The Bertz CT molecular complexity index is 1210. The van der Waals surface area contributed by atoms with E-state index in [0.717, 1.165) is 0 Å². The van der Waals surface area contributed by atoms with Gasteiger partial charge in [-0.15, -0.1) is 0 Å². The van der Waals surface area contributed by atoms with Crippen LogP contribution in [0.25, 0.3) is 0 Å². The van der Waals surface area contributed by atoms with Crippen molar-refractivity contribution in [3.63, 3.8) is 0 Å². The van der Waals surface area contributed by atoms with Crippen molar-refractivity contribution < 1.29 is 33.9 Å². The van der Waals surface area contributed by atoms with Crippen LogP contribution < -0.4 is 27.4 Å². The highest BCUT2D eigenvalue weighted by Crippen LogP contribution is 2.15. The number of hydrogen-bond donors (Lipinski definition) is 6. The Morgan fingerprint density at radius 3 is 2.40 bits per heavy atom. The fourth-order valence-corrected chi connectivity index (χ4v) is 4.44. The minimum Gasteiger partial charge on any atom is -0.481 e. The molecular formula is C27H40N8O7. The Labute approximate surface area is 244 Å². The number of carboxylic acids is 1. The van der Waals surface area contributed by atoms with Crippen LogP contribution in [-0.4, -0.2) is 102 Å². The first-order valence-electron chi connectivity index (χ1n) is 13.5. The van der Waals surface area contributed by atoms with Gasteiger partial charge in [-0.2, -0.15) is 0 Å². The summed E-state index contributed by atoms with van der Waals surface area (Å²) in [4.78, 5) is 83.7. The van der Waals surface area contributed by atoms with Gasteiger partial charge in [0.05, 0.1) is 13.0 Å². The molecule has 15 heteroatoms. The van der Waals surface area contributed by atoms with E-state index in [4.69, 9.17) is 11.5 Å². The molecule has 1 aromatic rings. The van der Waals surface area contributed by atoms with Crippen molar-refractivity contribution in [1.82, 2.24) is 25.8 Å². The van der Waals surface area contributed by atoms with E-state index in [1.165, 1.54) is 23.9 Å². The molecule has 0 radical (unpaired) electrons.